The zero-order valence-corrected chi connectivity index (χ0v) is 19.6. The first kappa shape index (κ1) is 20.8. The van der Waals surface area contributed by atoms with Crippen molar-refractivity contribution in [3.05, 3.63) is 75.7 Å². The van der Waals surface area contributed by atoms with Crippen molar-refractivity contribution in [2.45, 2.75) is 38.1 Å². The van der Waals surface area contributed by atoms with Gasteiger partial charge in [-0.05, 0) is 90.1 Å². The number of fused-ring (bicyclic) bond motifs is 2. The van der Waals surface area contributed by atoms with Gasteiger partial charge >= 0.3 is 0 Å². The molecule has 2 aromatic carbocycles. The number of carbonyl (C=O) groups is 1. The highest BCUT2D eigenvalue weighted by molar-refractivity contribution is 6.36. The standard InChI is InChI=1S/C26H24Cl2N4O/c27-22-12-18(15-1-3-24-16(9-15)5-7-29-24)13-23(28)21(22)11-17-6-8-32(26(17)33)20-2-4-25-19(10-20)14-30-31-25/h1,3,5,7,9,12-14,17,20,29H,2,4,6,8,10-11H2,(H,30,31)/t17-,20?/m0/s1. The summed E-state index contributed by atoms with van der Waals surface area (Å²) in [5.74, 6) is 0.147. The van der Waals surface area contributed by atoms with Gasteiger partial charge in [0.1, 0.15) is 0 Å². The van der Waals surface area contributed by atoms with Crippen LogP contribution in [0.2, 0.25) is 10.0 Å². The van der Waals surface area contributed by atoms with Crippen LogP contribution < -0.4 is 0 Å². The molecule has 0 radical (unpaired) electrons. The minimum absolute atomic E-state index is 0.0761. The van der Waals surface area contributed by atoms with E-state index in [0.29, 0.717) is 16.5 Å². The molecule has 7 heteroatoms. The van der Waals surface area contributed by atoms with Gasteiger partial charge in [0, 0.05) is 46.5 Å². The second kappa shape index (κ2) is 8.23. The van der Waals surface area contributed by atoms with E-state index in [1.54, 1.807) is 0 Å². The van der Waals surface area contributed by atoms with Crippen LogP contribution in [0.25, 0.3) is 22.0 Å². The molecule has 4 aromatic rings. The summed E-state index contributed by atoms with van der Waals surface area (Å²) in [6, 6.07) is 12.5. The predicted octanol–water partition coefficient (Wildman–Crippen LogP) is 5.81. The molecule has 0 bridgehead atoms. The van der Waals surface area contributed by atoms with E-state index in [0.717, 1.165) is 65.5 Å². The number of aromatic nitrogens is 3. The molecule has 2 N–H and O–H groups in total. The van der Waals surface area contributed by atoms with E-state index in [2.05, 4.69) is 38.3 Å². The fourth-order valence-corrected chi connectivity index (χ4v) is 6.06. The first-order valence-corrected chi connectivity index (χ1v) is 12.2. The molecule has 1 amide bonds. The highest BCUT2D eigenvalue weighted by Crippen LogP contribution is 2.37. The lowest BCUT2D eigenvalue weighted by Crippen LogP contribution is -2.41. The molecule has 3 heterocycles. The predicted molar refractivity (Wildman–Crippen MR) is 132 cm³/mol. The van der Waals surface area contributed by atoms with Crippen molar-refractivity contribution in [2.75, 3.05) is 6.54 Å². The minimum atomic E-state index is -0.0761. The topological polar surface area (TPSA) is 64.8 Å². The van der Waals surface area contributed by atoms with Gasteiger partial charge in [-0.15, -0.1) is 0 Å². The van der Waals surface area contributed by atoms with Crippen molar-refractivity contribution >= 4 is 40.0 Å². The number of benzene rings is 2. The van der Waals surface area contributed by atoms with Crippen LogP contribution in [0.15, 0.2) is 48.8 Å². The number of nitrogens with one attached hydrogen (secondary N) is 2. The van der Waals surface area contributed by atoms with Gasteiger partial charge in [0.05, 0.1) is 5.69 Å². The highest BCUT2D eigenvalue weighted by Gasteiger charge is 2.38. The first-order valence-electron chi connectivity index (χ1n) is 11.4. The molecule has 1 fully saturated rings. The lowest BCUT2D eigenvalue weighted by molar-refractivity contribution is -0.133. The normalized spacial score (nSPS) is 20.5. The Balaban J connectivity index is 1.20. The molecule has 2 aromatic heterocycles. The van der Waals surface area contributed by atoms with Gasteiger partial charge in [-0.25, -0.2) is 0 Å². The quantitative estimate of drug-likeness (QED) is 0.388. The lowest BCUT2D eigenvalue weighted by Gasteiger charge is -2.31. The molecular formula is C26H24Cl2N4O. The van der Waals surface area contributed by atoms with E-state index in [1.807, 2.05) is 30.6 Å². The second-order valence-corrected chi connectivity index (χ2v) is 9.99. The fourth-order valence-electron chi connectivity index (χ4n) is 5.42. The number of H-pyrrole nitrogens is 2. The van der Waals surface area contributed by atoms with Crippen molar-refractivity contribution in [3.63, 3.8) is 0 Å². The van der Waals surface area contributed by atoms with E-state index in [4.69, 9.17) is 23.2 Å². The fraction of sp³-hybridized carbons (Fsp3) is 0.308. The number of nitrogens with zero attached hydrogens (tertiary/aromatic N) is 2. The molecule has 168 valence electrons. The Hall–Kier alpha value is -2.76. The molecule has 1 unspecified atom stereocenters. The van der Waals surface area contributed by atoms with Crippen LogP contribution in [0.1, 0.15) is 29.7 Å². The van der Waals surface area contributed by atoms with Gasteiger partial charge in [-0.3, -0.25) is 9.89 Å². The van der Waals surface area contributed by atoms with Crippen molar-refractivity contribution in [1.29, 1.82) is 0 Å². The van der Waals surface area contributed by atoms with Crippen molar-refractivity contribution < 1.29 is 4.79 Å². The highest BCUT2D eigenvalue weighted by atomic mass is 35.5. The summed E-state index contributed by atoms with van der Waals surface area (Å²) in [5, 5.41) is 9.66. The summed E-state index contributed by atoms with van der Waals surface area (Å²) in [5.41, 5.74) is 6.39. The maximum Gasteiger partial charge on any atom is 0.226 e. The van der Waals surface area contributed by atoms with Crippen LogP contribution in [0.3, 0.4) is 0 Å². The Morgan fingerprint density at radius 3 is 2.76 bits per heavy atom. The number of hydrogen-bond acceptors (Lipinski definition) is 2. The van der Waals surface area contributed by atoms with Gasteiger partial charge in [0.2, 0.25) is 5.91 Å². The summed E-state index contributed by atoms with van der Waals surface area (Å²) < 4.78 is 0. The number of halogens is 2. The SMILES string of the molecule is O=C1[C@H](Cc2c(Cl)cc(-c3ccc4[nH]ccc4c3)cc2Cl)CCN1C1CCc2n[nH]cc2C1. The average Bonchev–Trinajstić information content (AvgIpc) is 3.55. The number of hydrogen-bond donors (Lipinski definition) is 2. The Morgan fingerprint density at radius 2 is 1.91 bits per heavy atom. The first-order chi connectivity index (χ1) is 16.1. The second-order valence-electron chi connectivity index (χ2n) is 9.17. The van der Waals surface area contributed by atoms with Crippen LogP contribution in [-0.4, -0.2) is 38.6 Å². The molecule has 5 nitrogen and oxygen atoms in total. The average molecular weight is 479 g/mol. The van der Waals surface area contributed by atoms with Crippen molar-refractivity contribution in [3.8, 4) is 11.1 Å². The number of rotatable bonds is 4. The van der Waals surface area contributed by atoms with Crippen LogP contribution in [0.5, 0.6) is 0 Å². The molecule has 0 saturated carbocycles. The lowest BCUT2D eigenvalue weighted by atomic mass is 9.92. The van der Waals surface area contributed by atoms with Crippen LogP contribution in [-0.2, 0) is 24.1 Å². The molecule has 2 aliphatic rings. The number of aromatic amines is 2. The van der Waals surface area contributed by atoms with E-state index < -0.39 is 0 Å². The monoisotopic (exact) mass is 478 g/mol. The molecule has 0 spiro atoms. The van der Waals surface area contributed by atoms with Crippen molar-refractivity contribution in [1.82, 2.24) is 20.1 Å². The van der Waals surface area contributed by atoms with Crippen LogP contribution >= 0.6 is 23.2 Å². The zero-order valence-electron chi connectivity index (χ0n) is 18.1. The minimum Gasteiger partial charge on any atom is -0.361 e. The van der Waals surface area contributed by atoms with Crippen molar-refractivity contribution in [2.24, 2.45) is 5.92 Å². The molecule has 33 heavy (non-hydrogen) atoms. The summed E-state index contributed by atoms with van der Waals surface area (Å²) in [6.45, 7) is 0.797. The third kappa shape index (κ3) is 3.73. The summed E-state index contributed by atoms with van der Waals surface area (Å²) >= 11 is 13.4. The summed E-state index contributed by atoms with van der Waals surface area (Å²) in [4.78, 5) is 18.6. The number of aryl methyl sites for hydroxylation is 1. The number of likely N-dealkylation sites (tertiary alicyclic amines) is 1. The van der Waals surface area contributed by atoms with Gasteiger partial charge in [0.25, 0.3) is 0 Å². The van der Waals surface area contributed by atoms with Gasteiger partial charge in [-0.1, -0.05) is 29.3 Å². The molecule has 2 atom stereocenters. The number of amides is 1. The number of carbonyl (C=O) groups excluding carboxylic acids is 1. The smallest absolute Gasteiger partial charge is 0.226 e. The Bertz CT molecular complexity index is 1330. The maximum atomic E-state index is 13.3. The van der Waals surface area contributed by atoms with Gasteiger partial charge in [0.15, 0.2) is 0 Å². The zero-order chi connectivity index (χ0) is 22.5. The maximum absolute atomic E-state index is 13.3. The summed E-state index contributed by atoms with van der Waals surface area (Å²) in [6.07, 6.45) is 8.09. The Kier molecular flexibility index (Phi) is 5.19. The summed E-state index contributed by atoms with van der Waals surface area (Å²) in [7, 11) is 0. The molecular weight excluding hydrogens is 455 g/mol. The third-order valence-electron chi connectivity index (χ3n) is 7.25. The van der Waals surface area contributed by atoms with Gasteiger partial charge in [-0.2, -0.15) is 5.10 Å². The molecule has 6 rings (SSSR count). The molecule has 1 saturated heterocycles. The van der Waals surface area contributed by atoms with Gasteiger partial charge < -0.3 is 9.88 Å². The molecule has 1 aliphatic carbocycles. The van der Waals surface area contributed by atoms with Crippen LogP contribution in [0, 0.1) is 5.92 Å². The van der Waals surface area contributed by atoms with E-state index in [1.165, 1.54) is 5.56 Å². The van der Waals surface area contributed by atoms with E-state index >= 15 is 0 Å². The largest absolute Gasteiger partial charge is 0.361 e. The molecule has 1 aliphatic heterocycles. The third-order valence-corrected chi connectivity index (χ3v) is 7.92. The Labute approximate surface area is 202 Å². The Morgan fingerprint density at radius 1 is 1.06 bits per heavy atom. The van der Waals surface area contributed by atoms with E-state index in [9.17, 15) is 4.79 Å². The van der Waals surface area contributed by atoms with E-state index in [-0.39, 0.29) is 17.9 Å². The van der Waals surface area contributed by atoms with Crippen LogP contribution in [0.4, 0.5) is 0 Å².